The summed E-state index contributed by atoms with van der Waals surface area (Å²) in [6.45, 7) is 1.62. The molecule has 22 heavy (non-hydrogen) atoms. The van der Waals surface area contributed by atoms with Gasteiger partial charge in [0.2, 0.25) is 0 Å². The van der Waals surface area contributed by atoms with E-state index in [1.54, 1.807) is 5.38 Å². The van der Waals surface area contributed by atoms with E-state index in [-0.39, 0.29) is 17.9 Å². The molecule has 0 spiro atoms. The number of nitrogens with zero attached hydrogens (tertiary/aromatic N) is 2. The first kappa shape index (κ1) is 15.5. The third-order valence-corrected chi connectivity index (χ3v) is 5.33. The second-order valence-electron chi connectivity index (χ2n) is 6.20. The Morgan fingerprint density at radius 3 is 2.45 bits per heavy atom. The predicted molar refractivity (Wildman–Crippen MR) is 86.2 cm³/mol. The fourth-order valence-electron chi connectivity index (χ4n) is 3.21. The van der Waals surface area contributed by atoms with Gasteiger partial charge in [0.1, 0.15) is 5.69 Å². The van der Waals surface area contributed by atoms with Crippen LogP contribution < -0.4 is 5.32 Å². The lowest BCUT2D eigenvalue weighted by Crippen LogP contribution is -2.34. The highest BCUT2D eigenvalue weighted by Crippen LogP contribution is 2.19. The van der Waals surface area contributed by atoms with Gasteiger partial charge in [-0.15, -0.1) is 11.3 Å². The topological polar surface area (TPSA) is 62.3 Å². The Bertz CT molecular complexity index is 529. The van der Waals surface area contributed by atoms with Gasteiger partial charge in [-0.25, -0.2) is 4.98 Å². The van der Waals surface area contributed by atoms with Crippen molar-refractivity contribution in [3.63, 3.8) is 0 Å². The van der Waals surface area contributed by atoms with E-state index in [4.69, 9.17) is 0 Å². The lowest BCUT2D eigenvalue weighted by Gasteiger charge is -2.15. The predicted octanol–water partition coefficient (Wildman–Crippen LogP) is 2.83. The van der Waals surface area contributed by atoms with Gasteiger partial charge >= 0.3 is 0 Å². The maximum atomic E-state index is 12.3. The maximum Gasteiger partial charge on any atom is 0.282 e. The van der Waals surface area contributed by atoms with Crippen molar-refractivity contribution in [2.24, 2.45) is 0 Å². The number of carbonyl (C=O) groups excluding carboxylic acids is 2. The fourth-order valence-corrected chi connectivity index (χ4v) is 3.98. The normalized spacial score (nSPS) is 19.9. The van der Waals surface area contributed by atoms with Crippen LogP contribution in [0.5, 0.6) is 0 Å². The summed E-state index contributed by atoms with van der Waals surface area (Å²) in [5.74, 6) is -0.167. The average Bonchev–Trinajstić information content (AvgIpc) is 3.16. The Balaban J connectivity index is 1.59. The first-order valence-electron chi connectivity index (χ1n) is 8.30. The minimum atomic E-state index is -0.136. The van der Waals surface area contributed by atoms with Crippen molar-refractivity contribution in [2.45, 2.75) is 57.4 Å². The molecule has 5 nitrogen and oxygen atoms in total. The smallest absolute Gasteiger partial charge is 0.282 e. The van der Waals surface area contributed by atoms with Crippen molar-refractivity contribution in [1.82, 2.24) is 15.2 Å². The van der Waals surface area contributed by atoms with E-state index < -0.39 is 0 Å². The molecule has 2 fully saturated rings. The molecule has 1 aromatic rings. The number of hydrogen-bond donors (Lipinski definition) is 1. The number of carbonyl (C=O) groups is 2. The van der Waals surface area contributed by atoms with Crippen LogP contribution in [-0.2, 0) is 0 Å². The van der Waals surface area contributed by atoms with Gasteiger partial charge in [-0.2, -0.15) is 0 Å². The molecular weight excluding hydrogens is 298 g/mol. The molecule has 1 saturated carbocycles. The Kier molecular flexibility index (Phi) is 5.08. The molecule has 0 radical (unpaired) electrons. The van der Waals surface area contributed by atoms with E-state index in [1.165, 1.54) is 37.0 Å². The van der Waals surface area contributed by atoms with Gasteiger partial charge in [-0.05, 0) is 25.7 Å². The third kappa shape index (κ3) is 3.66. The SMILES string of the molecule is O=C(NC1CCCCCC1)c1csc(C(=O)N2CCCC2)n1. The summed E-state index contributed by atoms with van der Waals surface area (Å²) in [5.41, 5.74) is 0.386. The molecule has 1 aliphatic carbocycles. The summed E-state index contributed by atoms with van der Waals surface area (Å²) in [6, 6.07) is 0.259. The van der Waals surface area contributed by atoms with Crippen LogP contribution in [0.1, 0.15) is 71.7 Å². The minimum absolute atomic E-state index is 0.0315. The third-order valence-electron chi connectivity index (χ3n) is 4.50. The highest BCUT2D eigenvalue weighted by molar-refractivity contribution is 7.11. The average molecular weight is 321 g/mol. The van der Waals surface area contributed by atoms with Crippen LogP contribution in [0, 0.1) is 0 Å². The number of likely N-dealkylation sites (tertiary alicyclic amines) is 1. The molecule has 120 valence electrons. The van der Waals surface area contributed by atoms with Crippen molar-refractivity contribution in [3.05, 3.63) is 16.1 Å². The molecule has 2 heterocycles. The quantitative estimate of drug-likeness (QED) is 0.871. The molecule has 1 aromatic heterocycles. The highest BCUT2D eigenvalue weighted by atomic mass is 32.1. The Labute approximate surface area is 135 Å². The first-order valence-corrected chi connectivity index (χ1v) is 9.17. The van der Waals surface area contributed by atoms with Crippen LogP contribution in [0.4, 0.5) is 0 Å². The molecule has 1 aliphatic heterocycles. The van der Waals surface area contributed by atoms with E-state index in [0.717, 1.165) is 38.8 Å². The van der Waals surface area contributed by atoms with Crippen molar-refractivity contribution >= 4 is 23.2 Å². The second kappa shape index (κ2) is 7.22. The Hall–Kier alpha value is -1.43. The molecule has 0 atom stereocenters. The number of hydrogen-bond acceptors (Lipinski definition) is 4. The maximum absolute atomic E-state index is 12.3. The van der Waals surface area contributed by atoms with Gasteiger partial charge in [0, 0.05) is 24.5 Å². The largest absolute Gasteiger partial charge is 0.348 e. The lowest BCUT2D eigenvalue weighted by atomic mass is 10.1. The highest BCUT2D eigenvalue weighted by Gasteiger charge is 2.24. The number of aromatic nitrogens is 1. The standard InChI is InChI=1S/C16H23N3O2S/c20-14(17-12-7-3-1-2-4-8-12)13-11-22-15(18-13)16(21)19-9-5-6-10-19/h11-12H,1-10H2,(H,17,20). The zero-order valence-electron chi connectivity index (χ0n) is 12.8. The molecule has 0 bridgehead atoms. The summed E-state index contributed by atoms with van der Waals surface area (Å²) < 4.78 is 0. The van der Waals surface area contributed by atoms with Crippen molar-refractivity contribution in [2.75, 3.05) is 13.1 Å². The summed E-state index contributed by atoms with van der Waals surface area (Å²) in [7, 11) is 0. The second-order valence-corrected chi connectivity index (χ2v) is 7.06. The van der Waals surface area contributed by atoms with Crippen LogP contribution in [-0.4, -0.2) is 40.8 Å². The van der Waals surface area contributed by atoms with Crippen LogP contribution in [0.3, 0.4) is 0 Å². The molecular formula is C16H23N3O2S. The van der Waals surface area contributed by atoms with Crippen molar-refractivity contribution in [1.29, 1.82) is 0 Å². The minimum Gasteiger partial charge on any atom is -0.348 e. The first-order chi connectivity index (χ1) is 10.7. The van der Waals surface area contributed by atoms with Crippen molar-refractivity contribution < 1.29 is 9.59 Å². The van der Waals surface area contributed by atoms with E-state index in [1.807, 2.05) is 4.90 Å². The molecule has 2 aliphatic rings. The molecule has 0 aromatic carbocycles. The van der Waals surface area contributed by atoms with E-state index >= 15 is 0 Å². The number of thiazole rings is 1. The fraction of sp³-hybridized carbons (Fsp3) is 0.688. The summed E-state index contributed by atoms with van der Waals surface area (Å²) in [6.07, 6.45) is 9.11. The molecule has 6 heteroatoms. The zero-order chi connectivity index (χ0) is 15.4. The summed E-state index contributed by atoms with van der Waals surface area (Å²) in [4.78, 5) is 30.6. The van der Waals surface area contributed by atoms with Gasteiger partial charge in [-0.3, -0.25) is 9.59 Å². The summed E-state index contributed by atoms with van der Waals surface area (Å²) in [5, 5.41) is 5.22. The van der Waals surface area contributed by atoms with E-state index in [0.29, 0.717) is 10.7 Å². The summed E-state index contributed by atoms with van der Waals surface area (Å²) >= 11 is 1.28. The van der Waals surface area contributed by atoms with Gasteiger partial charge in [0.15, 0.2) is 5.01 Å². The lowest BCUT2D eigenvalue weighted by molar-refractivity contribution is 0.0792. The van der Waals surface area contributed by atoms with E-state index in [2.05, 4.69) is 10.3 Å². The van der Waals surface area contributed by atoms with E-state index in [9.17, 15) is 9.59 Å². The monoisotopic (exact) mass is 321 g/mol. The molecule has 1 N–H and O–H groups in total. The molecule has 0 unspecified atom stereocenters. The number of amides is 2. The van der Waals surface area contributed by atoms with Crippen LogP contribution in [0.25, 0.3) is 0 Å². The number of nitrogens with one attached hydrogen (secondary N) is 1. The van der Waals surface area contributed by atoms with Gasteiger partial charge in [0.25, 0.3) is 11.8 Å². The zero-order valence-corrected chi connectivity index (χ0v) is 13.7. The Morgan fingerprint density at radius 2 is 1.77 bits per heavy atom. The molecule has 3 rings (SSSR count). The van der Waals surface area contributed by atoms with Gasteiger partial charge in [0.05, 0.1) is 0 Å². The van der Waals surface area contributed by atoms with Crippen LogP contribution >= 0.6 is 11.3 Å². The Morgan fingerprint density at radius 1 is 1.09 bits per heavy atom. The number of rotatable bonds is 3. The molecule has 1 saturated heterocycles. The van der Waals surface area contributed by atoms with Gasteiger partial charge < -0.3 is 10.2 Å². The van der Waals surface area contributed by atoms with Crippen LogP contribution in [0.15, 0.2) is 5.38 Å². The van der Waals surface area contributed by atoms with Crippen LogP contribution in [0.2, 0.25) is 0 Å². The molecule has 2 amide bonds. The van der Waals surface area contributed by atoms with Crippen molar-refractivity contribution in [3.8, 4) is 0 Å². The van der Waals surface area contributed by atoms with Gasteiger partial charge in [-0.1, -0.05) is 25.7 Å².